The van der Waals surface area contributed by atoms with Crippen LogP contribution in [-0.2, 0) is 0 Å². The van der Waals surface area contributed by atoms with Crippen LogP contribution in [-0.4, -0.2) is 21.0 Å². The highest BCUT2D eigenvalue weighted by atomic mass is 32.2. The molecule has 0 aliphatic rings. The molecule has 2 rings (SSSR count). The first-order valence-electron chi connectivity index (χ1n) is 5.16. The third-order valence-corrected chi connectivity index (χ3v) is 3.20. The van der Waals surface area contributed by atoms with Crippen LogP contribution < -0.4 is 5.73 Å². The van der Waals surface area contributed by atoms with Gasteiger partial charge in [0.15, 0.2) is 5.16 Å². The van der Waals surface area contributed by atoms with E-state index in [1.54, 1.807) is 18.3 Å². The van der Waals surface area contributed by atoms with E-state index in [0.29, 0.717) is 10.8 Å². The SMILES string of the molecule is Cc1ccnc(Sc2ccc(C(=O)O)cc2N)n1. The lowest BCUT2D eigenvalue weighted by molar-refractivity contribution is 0.0697. The van der Waals surface area contributed by atoms with E-state index in [9.17, 15) is 4.79 Å². The minimum Gasteiger partial charge on any atom is -0.478 e. The Morgan fingerprint density at radius 3 is 2.78 bits per heavy atom. The van der Waals surface area contributed by atoms with Crippen molar-refractivity contribution < 1.29 is 9.90 Å². The number of rotatable bonds is 3. The molecule has 5 nitrogen and oxygen atoms in total. The summed E-state index contributed by atoms with van der Waals surface area (Å²) in [5, 5.41) is 9.43. The second kappa shape index (κ2) is 5.05. The van der Waals surface area contributed by atoms with Gasteiger partial charge in [0.05, 0.1) is 5.56 Å². The van der Waals surface area contributed by atoms with E-state index in [4.69, 9.17) is 10.8 Å². The van der Waals surface area contributed by atoms with Crippen LogP contribution in [0.25, 0.3) is 0 Å². The zero-order valence-corrected chi connectivity index (χ0v) is 10.4. The quantitative estimate of drug-likeness (QED) is 0.650. The number of nitrogen functional groups attached to an aromatic ring is 1. The smallest absolute Gasteiger partial charge is 0.335 e. The number of hydrogen-bond donors (Lipinski definition) is 2. The predicted octanol–water partition coefficient (Wildman–Crippen LogP) is 2.22. The summed E-state index contributed by atoms with van der Waals surface area (Å²) in [5.74, 6) is -0.995. The number of nitrogens with two attached hydrogens (primary N) is 1. The number of carboxylic acid groups (broad SMARTS) is 1. The molecule has 1 aromatic heterocycles. The second-order valence-corrected chi connectivity index (χ2v) is 4.65. The fourth-order valence-corrected chi connectivity index (χ4v) is 2.16. The lowest BCUT2D eigenvalue weighted by Gasteiger charge is -2.05. The van der Waals surface area contributed by atoms with Gasteiger partial charge in [0, 0.05) is 22.5 Å². The number of benzene rings is 1. The van der Waals surface area contributed by atoms with E-state index >= 15 is 0 Å². The predicted molar refractivity (Wildman–Crippen MR) is 68.7 cm³/mol. The van der Waals surface area contributed by atoms with Crippen molar-refractivity contribution in [3.8, 4) is 0 Å². The van der Waals surface area contributed by atoms with Gasteiger partial charge >= 0.3 is 5.97 Å². The summed E-state index contributed by atoms with van der Waals surface area (Å²) in [6.45, 7) is 1.88. The molecule has 0 bridgehead atoms. The normalized spacial score (nSPS) is 10.3. The first kappa shape index (κ1) is 12.4. The summed E-state index contributed by atoms with van der Waals surface area (Å²) in [6.07, 6.45) is 1.67. The van der Waals surface area contributed by atoms with Crippen molar-refractivity contribution in [1.82, 2.24) is 9.97 Å². The van der Waals surface area contributed by atoms with Crippen LogP contribution in [0.1, 0.15) is 16.1 Å². The summed E-state index contributed by atoms with van der Waals surface area (Å²) in [5.41, 5.74) is 7.25. The van der Waals surface area contributed by atoms with E-state index < -0.39 is 5.97 Å². The Hall–Kier alpha value is -2.08. The fourth-order valence-electron chi connectivity index (χ4n) is 1.35. The second-order valence-electron chi connectivity index (χ2n) is 3.64. The van der Waals surface area contributed by atoms with Gasteiger partial charge in [-0.2, -0.15) is 0 Å². The number of aryl methyl sites for hydroxylation is 1. The first-order chi connectivity index (χ1) is 8.56. The van der Waals surface area contributed by atoms with Crippen LogP contribution >= 0.6 is 11.8 Å². The van der Waals surface area contributed by atoms with Gasteiger partial charge in [-0.1, -0.05) is 0 Å². The van der Waals surface area contributed by atoms with Gasteiger partial charge in [-0.05, 0) is 43.0 Å². The molecule has 0 spiro atoms. The number of carbonyl (C=O) groups is 1. The fraction of sp³-hybridized carbons (Fsp3) is 0.0833. The van der Waals surface area contributed by atoms with Crippen molar-refractivity contribution in [3.63, 3.8) is 0 Å². The minimum absolute atomic E-state index is 0.169. The van der Waals surface area contributed by atoms with Gasteiger partial charge in [0.1, 0.15) is 0 Å². The van der Waals surface area contributed by atoms with Crippen LogP contribution in [0.4, 0.5) is 5.69 Å². The summed E-state index contributed by atoms with van der Waals surface area (Å²) < 4.78 is 0. The van der Waals surface area contributed by atoms with Crippen molar-refractivity contribution in [1.29, 1.82) is 0 Å². The van der Waals surface area contributed by atoms with Crippen molar-refractivity contribution in [2.75, 3.05) is 5.73 Å². The Kier molecular flexibility index (Phi) is 3.47. The van der Waals surface area contributed by atoms with E-state index in [0.717, 1.165) is 10.6 Å². The highest BCUT2D eigenvalue weighted by molar-refractivity contribution is 7.99. The highest BCUT2D eigenvalue weighted by Gasteiger charge is 2.08. The zero-order chi connectivity index (χ0) is 13.1. The Balaban J connectivity index is 2.27. The maximum absolute atomic E-state index is 10.8. The Labute approximate surface area is 108 Å². The molecule has 1 aromatic carbocycles. The Morgan fingerprint density at radius 2 is 2.17 bits per heavy atom. The summed E-state index contributed by atoms with van der Waals surface area (Å²) >= 11 is 1.31. The molecule has 0 atom stereocenters. The van der Waals surface area contributed by atoms with Crippen molar-refractivity contribution >= 4 is 23.4 Å². The Bertz CT molecular complexity index is 602. The monoisotopic (exact) mass is 261 g/mol. The number of aromatic nitrogens is 2. The molecule has 1 heterocycles. The maximum Gasteiger partial charge on any atom is 0.335 e. The van der Waals surface area contributed by atoms with Crippen molar-refractivity contribution in [3.05, 3.63) is 41.7 Å². The molecule has 0 aliphatic carbocycles. The Morgan fingerprint density at radius 1 is 1.39 bits per heavy atom. The van der Waals surface area contributed by atoms with Gasteiger partial charge in [0.25, 0.3) is 0 Å². The average molecular weight is 261 g/mol. The summed E-state index contributed by atoms with van der Waals surface area (Å²) in [6, 6.07) is 6.41. The van der Waals surface area contributed by atoms with E-state index in [-0.39, 0.29) is 5.56 Å². The lowest BCUT2D eigenvalue weighted by atomic mass is 10.2. The van der Waals surface area contributed by atoms with E-state index in [1.165, 1.54) is 23.9 Å². The maximum atomic E-state index is 10.8. The van der Waals surface area contributed by atoms with Crippen LogP contribution in [0.5, 0.6) is 0 Å². The van der Waals surface area contributed by atoms with Gasteiger partial charge in [0.2, 0.25) is 0 Å². The van der Waals surface area contributed by atoms with Crippen LogP contribution in [0.2, 0.25) is 0 Å². The third-order valence-electron chi connectivity index (χ3n) is 2.23. The summed E-state index contributed by atoms with van der Waals surface area (Å²) in [7, 11) is 0. The highest BCUT2D eigenvalue weighted by Crippen LogP contribution is 2.30. The minimum atomic E-state index is -0.995. The standard InChI is InChI=1S/C12H11N3O2S/c1-7-4-5-14-12(15-7)18-10-3-2-8(11(16)17)6-9(10)13/h2-6H,13H2,1H3,(H,16,17). The molecule has 0 unspecified atom stereocenters. The number of carboxylic acids is 1. The van der Waals surface area contributed by atoms with Crippen LogP contribution in [0, 0.1) is 6.92 Å². The third kappa shape index (κ3) is 2.78. The van der Waals surface area contributed by atoms with Gasteiger partial charge in [-0.3, -0.25) is 0 Å². The topological polar surface area (TPSA) is 89.1 Å². The number of aromatic carboxylic acids is 1. The lowest BCUT2D eigenvalue weighted by Crippen LogP contribution is -1.99. The molecule has 18 heavy (non-hydrogen) atoms. The molecular weight excluding hydrogens is 250 g/mol. The molecule has 0 amide bonds. The average Bonchev–Trinajstić information content (AvgIpc) is 2.31. The molecule has 6 heteroatoms. The van der Waals surface area contributed by atoms with Crippen molar-refractivity contribution in [2.24, 2.45) is 0 Å². The number of hydrogen-bond acceptors (Lipinski definition) is 5. The number of anilines is 1. The molecule has 0 radical (unpaired) electrons. The van der Waals surface area contributed by atoms with Gasteiger partial charge < -0.3 is 10.8 Å². The summed E-state index contributed by atoms with van der Waals surface area (Å²) in [4.78, 5) is 19.9. The molecule has 3 N–H and O–H groups in total. The van der Waals surface area contributed by atoms with Gasteiger partial charge in [-0.15, -0.1) is 0 Å². The van der Waals surface area contributed by atoms with Crippen LogP contribution in [0.15, 0.2) is 40.5 Å². The van der Waals surface area contributed by atoms with E-state index in [2.05, 4.69) is 9.97 Å². The molecule has 0 aliphatic heterocycles. The molecule has 2 aromatic rings. The first-order valence-corrected chi connectivity index (χ1v) is 5.98. The van der Waals surface area contributed by atoms with Gasteiger partial charge in [-0.25, -0.2) is 14.8 Å². The largest absolute Gasteiger partial charge is 0.478 e. The number of nitrogens with zero attached hydrogens (tertiary/aromatic N) is 2. The molecule has 0 saturated heterocycles. The van der Waals surface area contributed by atoms with E-state index in [1.807, 2.05) is 6.92 Å². The molecule has 92 valence electrons. The van der Waals surface area contributed by atoms with Crippen LogP contribution in [0.3, 0.4) is 0 Å². The molecule has 0 saturated carbocycles. The molecular formula is C12H11N3O2S. The zero-order valence-electron chi connectivity index (χ0n) is 9.62. The molecule has 0 fully saturated rings. The van der Waals surface area contributed by atoms with Crippen molar-refractivity contribution in [2.45, 2.75) is 17.0 Å².